The van der Waals surface area contributed by atoms with E-state index in [1.807, 2.05) is 6.92 Å². The van der Waals surface area contributed by atoms with Crippen molar-refractivity contribution in [1.29, 1.82) is 0 Å². The maximum absolute atomic E-state index is 13.9. The Balaban J connectivity index is 2.07. The fraction of sp³-hybridized carbons (Fsp3) is 0.250. The van der Waals surface area contributed by atoms with Crippen molar-refractivity contribution in [3.63, 3.8) is 0 Å². The van der Waals surface area contributed by atoms with Gasteiger partial charge in [-0.2, -0.15) is 5.10 Å². The molecule has 0 fully saturated rings. The van der Waals surface area contributed by atoms with E-state index < -0.39 is 17.6 Å². The summed E-state index contributed by atoms with van der Waals surface area (Å²) in [5.41, 5.74) is 2.77. The lowest BCUT2D eigenvalue weighted by molar-refractivity contribution is -0.139. The van der Waals surface area contributed by atoms with Crippen molar-refractivity contribution in [1.82, 2.24) is 10.7 Å². The molecular formula is C20H20Cl2FN3O3. The van der Waals surface area contributed by atoms with Gasteiger partial charge in [-0.15, -0.1) is 0 Å². The van der Waals surface area contributed by atoms with Crippen LogP contribution in [0, 0.1) is 5.82 Å². The monoisotopic (exact) mass is 439 g/mol. The average Bonchev–Trinajstić information content (AvgIpc) is 2.68. The highest BCUT2D eigenvalue weighted by Gasteiger charge is 2.14. The fourth-order valence-corrected chi connectivity index (χ4v) is 2.57. The minimum absolute atomic E-state index is 0.113. The molecule has 154 valence electrons. The number of halogens is 3. The molecule has 0 spiro atoms. The highest BCUT2D eigenvalue weighted by Crippen LogP contribution is 2.25. The van der Waals surface area contributed by atoms with E-state index in [9.17, 15) is 14.0 Å². The Morgan fingerprint density at radius 1 is 1.24 bits per heavy atom. The molecule has 0 unspecified atom stereocenters. The number of ether oxygens (including phenoxy) is 1. The number of amides is 2. The van der Waals surface area contributed by atoms with Crippen molar-refractivity contribution >= 4 is 41.2 Å². The molecule has 0 aliphatic carbocycles. The first-order chi connectivity index (χ1) is 13.8. The summed E-state index contributed by atoms with van der Waals surface area (Å²) in [7, 11) is 0. The van der Waals surface area contributed by atoms with Gasteiger partial charge in [0.2, 0.25) is 0 Å². The highest BCUT2D eigenvalue weighted by molar-refractivity contribution is 6.35. The quantitative estimate of drug-likeness (QED) is 0.387. The number of hydrogen-bond donors (Lipinski definition) is 2. The summed E-state index contributed by atoms with van der Waals surface area (Å²) in [6.07, 6.45) is 1.97. The molecule has 2 aromatic carbocycles. The summed E-state index contributed by atoms with van der Waals surface area (Å²) < 4.78 is 19.5. The number of hydrazone groups is 1. The van der Waals surface area contributed by atoms with Crippen LogP contribution < -0.4 is 15.5 Å². The molecule has 0 radical (unpaired) electrons. The van der Waals surface area contributed by atoms with Gasteiger partial charge in [0.05, 0.1) is 11.2 Å². The summed E-state index contributed by atoms with van der Waals surface area (Å²) in [6, 6.07) is 8.94. The second-order valence-corrected chi connectivity index (χ2v) is 7.00. The van der Waals surface area contributed by atoms with Crippen molar-refractivity contribution in [2.45, 2.75) is 32.9 Å². The topological polar surface area (TPSA) is 79.8 Å². The van der Waals surface area contributed by atoms with Gasteiger partial charge in [-0.05, 0) is 43.7 Å². The van der Waals surface area contributed by atoms with Crippen molar-refractivity contribution in [3.8, 4) is 5.75 Å². The molecule has 1 atom stereocenters. The largest absolute Gasteiger partial charge is 0.488 e. The molecule has 29 heavy (non-hydrogen) atoms. The molecular weight excluding hydrogens is 420 g/mol. The van der Waals surface area contributed by atoms with Crippen LogP contribution in [0.15, 0.2) is 41.5 Å². The number of nitrogens with one attached hydrogen (secondary N) is 2. The van der Waals surface area contributed by atoms with Gasteiger partial charge in [0, 0.05) is 22.2 Å². The third kappa shape index (κ3) is 6.73. The zero-order valence-electron chi connectivity index (χ0n) is 15.8. The van der Waals surface area contributed by atoms with E-state index in [2.05, 4.69) is 15.8 Å². The maximum Gasteiger partial charge on any atom is 0.329 e. The van der Waals surface area contributed by atoms with Gasteiger partial charge in [-0.1, -0.05) is 36.2 Å². The number of carbonyl (C=O) groups excluding carboxylic acids is 2. The van der Waals surface area contributed by atoms with E-state index in [0.29, 0.717) is 22.8 Å². The summed E-state index contributed by atoms with van der Waals surface area (Å²) in [5.74, 6) is -1.82. The van der Waals surface area contributed by atoms with Gasteiger partial charge in [0.1, 0.15) is 18.2 Å². The Bertz CT molecular complexity index is 902. The van der Waals surface area contributed by atoms with Gasteiger partial charge < -0.3 is 10.1 Å². The van der Waals surface area contributed by atoms with Crippen LogP contribution in [0.3, 0.4) is 0 Å². The molecule has 0 saturated carbocycles. The standard InChI is InChI=1S/C20H20Cl2FN3O3/c1-3-12(2)25-19(27)20(28)26-24-10-13-9-14(21)7-8-18(13)29-11-15-16(22)5-4-6-17(15)23/h4-10,12H,3,11H2,1-2H3,(H,25,27)(H,26,28)/b24-10-/t12-/m0/s1. The van der Waals surface area contributed by atoms with Crippen LogP contribution >= 0.6 is 23.2 Å². The molecule has 0 aliphatic heterocycles. The predicted octanol–water partition coefficient (Wildman–Crippen LogP) is 4.08. The molecule has 0 aromatic heterocycles. The number of rotatable bonds is 7. The van der Waals surface area contributed by atoms with Gasteiger partial charge in [0.25, 0.3) is 0 Å². The van der Waals surface area contributed by atoms with Crippen LogP contribution in [0.1, 0.15) is 31.4 Å². The average molecular weight is 440 g/mol. The van der Waals surface area contributed by atoms with E-state index in [1.165, 1.54) is 18.3 Å². The molecule has 0 aliphatic rings. The third-order valence-corrected chi connectivity index (χ3v) is 4.56. The van der Waals surface area contributed by atoms with Gasteiger partial charge in [0.15, 0.2) is 0 Å². The first-order valence-corrected chi connectivity index (χ1v) is 9.56. The van der Waals surface area contributed by atoms with Gasteiger partial charge >= 0.3 is 11.8 Å². The first kappa shape index (κ1) is 22.6. The van der Waals surface area contributed by atoms with Crippen LogP contribution in [0.25, 0.3) is 0 Å². The van der Waals surface area contributed by atoms with Gasteiger partial charge in [-0.25, -0.2) is 9.82 Å². The molecule has 2 rings (SSSR count). The van der Waals surface area contributed by atoms with E-state index >= 15 is 0 Å². The normalized spacial score (nSPS) is 11.9. The smallest absolute Gasteiger partial charge is 0.329 e. The summed E-state index contributed by atoms with van der Waals surface area (Å²) in [6.45, 7) is 3.56. The first-order valence-electron chi connectivity index (χ1n) is 8.81. The summed E-state index contributed by atoms with van der Waals surface area (Å²) in [5, 5.41) is 6.94. The van der Waals surface area contributed by atoms with Crippen molar-refractivity contribution in [2.24, 2.45) is 5.10 Å². The van der Waals surface area contributed by atoms with Crippen molar-refractivity contribution in [3.05, 3.63) is 63.4 Å². The highest BCUT2D eigenvalue weighted by atomic mass is 35.5. The Hall–Kier alpha value is -2.64. The molecule has 6 nitrogen and oxygen atoms in total. The fourth-order valence-electron chi connectivity index (χ4n) is 2.17. The molecule has 9 heteroatoms. The SMILES string of the molecule is CC[C@H](C)NC(=O)C(=O)N/N=C\c1cc(Cl)ccc1OCc1c(F)cccc1Cl. The van der Waals surface area contributed by atoms with Crippen molar-refractivity contribution < 1.29 is 18.7 Å². The van der Waals surface area contributed by atoms with E-state index in [0.717, 1.165) is 0 Å². The number of benzene rings is 2. The molecule has 2 amide bonds. The second kappa shape index (κ2) is 10.8. The molecule has 2 N–H and O–H groups in total. The zero-order chi connectivity index (χ0) is 21.4. The summed E-state index contributed by atoms with van der Waals surface area (Å²) >= 11 is 12.0. The van der Waals surface area contributed by atoms with Gasteiger partial charge in [-0.3, -0.25) is 9.59 Å². The maximum atomic E-state index is 13.9. The third-order valence-electron chi connectivity index (χ3n) is 3.97. The Morgan fingerprint density at radius 3 is 2.69 bits per heavy atom. The van der Waals surface area contributed by atoms with Crippen LogP contribution in [0.5, 0.6) is 5.75 Å². The number of hydrogen-bond acceptors (Lipinski definition) is 4. The lowest BCUT2D eigenvalue weighted by atomic mass is 10.2. The number of nitrogens with zero attached hydrogens (tertiary/aromatic N) is 1. The predicted molar refractivity (Wildman–Crippen MR) is 111 cm³/mol. The number of carbonyl (C=O) groups is 2. The van der Waals surface area contributed by atoms with E-state index in [4.69, 9.17) is 27.9 Å². The minimum Gasteiger partial charge on any atom is -0.488 e. The molecule has 0 heterocycles. The van der Waals surface area contributed by atoms with Crippen LogP contribution in [-0.2, 0) is 16.2 Å². The van der Waals surface area contributed by atoms with E-state index in [-0.39, 0.29) is 23.2 Å². The molecule has 0 bridgehead atoms. The zero-order valence-corrected chi connectivity index (χ0v) is 17.4. The summed E-state index contributed by atoms with van der Waals surface area (Å²) in [4.78, 5) is 23.5. The molecule has 2 aromatic rings. The van der Waals surface area contributed by atoms with Crippen LogP contribution in [0.2, 0.25) is 10.0 Å². The van der Waals surface area contributed by atoms with E-state index in [1.54, 1.807) is 31.2 Å². The molecule has 0 saturated heterocycles. The van der Waals surface area contributed by atoms with Crippen LogP contribution in [-0.4, -0.2) is 24.1 Å². The Kier molecular flexibility index (Phi) is 8.42. The lowest BCUT2D eigenvalue weighted by Gasteiger charge is -2.11. The minimum atomic E-state index is -0.899. The Labute approximate surface area is 178 Å². The van der Waals surface area contributed by atoms with Crippen molar-refractivity contribution in [2.75, 3.05) is 0 Å². The lowest BCUT2D eigenvalue weighted by Crippen LogP contribution is -2.41. The second-order valence-electron chi connectivity index (χ2n) is 6.15. The Morgan fingerprint density at radius 2 is 2.00 bits per heavy atom. The van der Waals surface area contributed by atoms with Crippen LogP contribution in [0.4, 0.5) is 4.39 Å².